The average Bonchev–Trinajstić information content (AvgIpc) is 3.44. The van der Waals surface area contributed by atoms with Gasteiger partial charge in [-0.3, -0.25) is 0 Å². The zero-order valence-corrected chi connectivity index (χ0v) is 38.4. The van der Waals surface area contributed by atoms with Gasteiger partial charge in [0.05, 0.1) is 22.8 Å². The number of para-hydroxylation sites is 6. The second-order valence-corrected chi connectivity index (χ2v) is 16.7. The van der Waals surface area contributed by atoms with Crippen LogP contribution in [0.4, 0.5) is 68.2 Å². The standard InChI is InChI=1S/C64H48N6/c1-2-59-62(48-24-10-3-11-25-48)66-64-61(70(54-36-22-9-23-37-54)58-44-40-56(41-45-58)68(51-30-16-6-17-31-51)52-32-18-7-19-33-52)47-46-60(63(64)65-59)69(53-34-20-8-21-35-53)57-42-38-55(39-43-57)67(49-26-12-4-13-27-49)50-28-14-5-15-29-50/h2-47H,1H2. The van der Waals surface area contributed by atoms with Gasteiger partial charge >= 0.3 is 0 Å². The van der Waals surface area contributed by atoms with E-state index in [1.807, 2.05) is 42.5 Å². The molecular weight excluding hydrogens is 853 g/mol. The van der Waals surface area contributed by atoms with Gasteiger partial charge in [-0.1, -0.05) is 146 Å². The van der Waals surface area contributed by atoms with Gasteiger partial charge in [-0.05, 0) is 140 Å². The Kier molecular flexibility index (Phi) is 12.2. The van der Waals surface area contributed by atoms with E-state index in [1.54, 1.807) is 0 Å². The summed E-state index contributed by atoms with van der Waals surface area (Å²) >= 11 is 0. The van der Waals surface area contributed by atoms with Crippen LogP contribution in [0, 0.1) is 0 Å². The third-order valence-electron chi connectivity index (χ3n) is 12.3. The highest BCUT2D eigenvalue weighted by molar-refractivity contribution is 6.05. The van der Waals surface area contributed by atoms with E-state index in [-0.39, 0.29) is 0 Å². The van der Waals surface area contributed by atoms with Crippen LogP contribution in [0.25, 0.3) is 28.4 Å². The second-order valence-electron chi connectivity index (χ2n) is 16.7. The highest BCUT2D eigenvalue weighted by Crippen LogP contribution is 2.47. The normalized spacial score (nSPS) is 10.9. The summed E-state index contributed by atoms with van der Waals surface area (Å²) in [5, 5.41) is 0. The summed E-state index contributed by atoms with van der Waals surface area (Å²) in [5.41, 5.74) is 15.9. The van der Waals surface area contributed by atoms with Crippen LogP contribution in [-0.2, 0) is 0 Å². The van der Waals surface area contributed by atoms with Gasteiger partial charge in [0.15, 0.2) is 0 Å². The van der Waals surface area contributed by atoms with Crippen LogP contribution in [0.1, 0.15) is 5.69 Å². The maximum absolute atomic E-state index is 5.63. The van der Waals surface area contributed by atoms with E-state index in [1.165, 1.54) is 0 Å². The first-order chi connectivity index (χ1) is 34.7. The molecule has 6 nitrogen and oxygen atoms in total. The molecule has 0 aliphatic carbocycles. The third kappa shape index (κ3) is 8.65. The molecule has 0 aliphatic heterocycles. The molecule has 11 aromatic rings. The quantitative estimate of drug-likeness (QED) is 0.108. The summed E-state index contributed by atoms with van der Waals surface area (Å²) < 4.78 is 0. The largest absolute Gasteiger partial charge is 0.311 e. The van der Waals surface area contributed by atoms with Crippen molar-refractivity contribution in [3.05, 3.63) is 285 Å². The lowest BCUT2D eigenvalue weighted by molar-refractivity contribution is 1.21. The Balaban J connectivity index is 1.10. The predicted octanol–water partition coefficient (Wildman–Crippen LogP) is 17.8. The number of hydrogen-bond donors (Lipinski definition) is 0. The molecule has 0 saturated carbocycles. The molecule has 334 valence electrons. The summed E-state index contributed by atoms with van der Waals surface area (Å²) in [6, 6.07) is 95.0. The molecule has 0 aliphatic rings. The molecule has 10 aromatic carbocycles. The van der Waals surface area contributed by atoms with Gasteiger partial charge in [0.25, 0.3) is 0 Å². The monoisotopic (exact) mass is 900 g/mol. The lowest BCUT2D eigenvalue weighted by Crippen LogP contribution is -2.15. The zero-order chi connectivity index (χ0) is 47.1. The van der Waals surface area contributed by atoms with Gasteiger partial charge in [0.1, 0.15) is 11.0 Å². The molecular formula is C64H48N6. The van der Waals surface area contributed by atoms with E-state index in [2.05, 4.69) is 263 Å². The third-order valence-corrected chi connectivity index (χ3v) is 12.3. The minimum absolute atomic E-state index is 0.694. The Morgan fingerprint density at radius 1 is 0.257 bits per heavy atom. The number of anilines is 12. The van der Waals surface area contributed by atoms with E-state index < -0.39 is 0 Å². The van der Waals surface area contributed by atoms with E-state index in [0.717, 1.165) is 90.5 Å². The van der Waals surface area contributed by atoms with Crippen molar-refractivity contribution in [3.63, 3.8) is 0 Å². The first kappa shape index (κ1) is 43.1. The molecule has 11 rings (SSSR count). The van der Waals surface area contributed by atoms with Crippen molar-refractivity contribution >= 4 is 85.4 Å². The second kappa shape index (κ2) is 19.8. The zero-order valence-electron chi connectivity index (χ0n) is 38.4. The number of hydrogen-bond acceptors (Lipinski definition) is 6. The van der Waals surface area contributed by atoms with Crippen LogP contribution < -0.4 is 19.6 Å². The van der Waals surface area contributed by atoms with Crippen molar-refractivity contribution in [2.45, 2.75) is 0 Å². The first-order valence-electron chi connectivity index (χ1n) is 23.5. The minimum atomic E-state index is 0.694. The SMILES string of the molecule is C=Cc1nc2c(N(c3ccccc3)c3ccc(N(c4ccccc4)c4ccccc4)cc3)ccc(N(c3ccccc3)c3ccc(N(c4ccccc4)c4ccccc4)cc3)c2nc1-c1ccccc1. The number of aromatic nitrogens is 2. The number of nitrogens with zero attached hydrogens (tertiary/aromatic N) is 6. The highest BCUT2D eigenvalue weighted by atomic mass is 15.2. The average molecular weight is 901 g/mol. The highest BCUT2D eigenvalue weighted by Gasteiger charge is 2.25. The van der Waals surface area contributed by atoms with Gasteiger partial charge in [-0.2, -0.15) is 0 Å². The fraction of sp³-hybridized carbons (Fsp3) is 0. The summed E-state index contributed by atoms with van der Waals surface area (Å²) in [4.78, 5) is 20.3. The fourth-order valence-electron chi connectivity index (χ4n) is 9.15. The van der Waals surface area contributed by atoms with Crippen LogP contribution in [0.15, 0.2) is 280 Å². The smallest absolute Gasteiger partial charge is 0.116 e. The van der Waals surface area contributed by atoms with Gasteiger partial charge in [0.2, 0.25) is 0 Å². The summed E-state index contributed by atoms with van der Waals surface area (Å²) in [7, 11) is 0. The molecule has 0 bridgehead atoms. The predicted molar refractivity (Wildman–Crippen MR) is 294 cm³/mol. The van der Waals surface area contributed by atoms with Crippen LogP contribution in [0.2, 0.25) is 0 Å². The van der Waals surface area contributed by atoms with Crippen LogP contribution in [0.5, 0.6) is 0 Å². The van der Waals surface area contributed by atoms with E-state index >= 15 is 0 Å². The molecule has 1 heterocycles. The van der Waals surface area contributed by atoms with E-state index in [0.29, 0.717) is 5.69 Å². The van der Waals surface area contributed by atoms with E-state index in [9.17, 15) is 0 Å². The summed E-state index contributed by atoms with van der Waals surface area (Å²) in [5.74, 6) is 0. The number of benzene rings is 10. The fourth-order valence-corrected chi connectivity index (χ4v) is 9.15. The van der Waals surface area contributed by atoms with Crippen molar-refractivity contribution in [2.24, 2.45) is 0 Å². The maximum Gasteiger partial charge on any atom is 0.116 e. The van der Waals surface area contributed by atoms with Gasteiger partial charge in [0, 0.05) is 62.4 Å². The minimum Gasteiger partial charge on any atom is -0.311 e. The molecule has 0 saturated heterocycles. The molecule has 0 atom stereocenters. The van der Waals surface area contributed by atoms with Crippen LogP contribution in [0.3, 0.4) is 0 Å². The Bertz CT molecular complexity index is 3390. The molecule has 0 N–H and O–H groups in total. The van der Waals surface area contributed by atoms with Crippen molar-refractivity contribution in [3.8, 4) is 11.3 Å². The van der Waals surface area contributed by atoms with Crippen LogP contribution in [-0.4, -0.2) is 9.97 Å². The topological polar surface area (TPSA) is 38.7 Å². The Morgan fingerprint density at radius 3 is 0.800 bits per heavy atom. The molecule has 0 fully saturated rings. The van der Waals surface area contributed by atoms with Crippen LogP contribution >= 0.6 is 0 Å². The summed E-state index contributed by atoms with van der Waals surface area (Å²) in [6.45, 7) is 4.27. The summed E-state index contributed by atoms with van der Waals surface area (Å²) in [6.07, 6.45) is 1.81. The number of rotatable bonds is 14. The van der Waals surface area contributed by atoms with Gasteiger partial charge in [-0.15, -0.1) is 0 Å². The number of fused-ring (bicyclic) bond motifs is 1. The lowest BCUT2D eigenvalue weighted by atomic mass is 10.1. The Hall–Kier alpha value is -9.52. The lowest BCUT2D eigenvalue weighted by Gasteiger charge is -2.31. The van der Waals surface area contributed by atoms with Crippen molar-refractivity contribution in [1.29, 1.82) is 0 Å². The Morgan fingerprint density at radius 2 is 0.500 bits per heavy atom. The van der Waals surface area contributed by atoms with Gasteiger partial charge in [-0.25, -0.2) is 9.97 Å². The maximum atomic E-state index is 5.63. The van der Waals surface area contributed by atoms with E-state index in [4.69, 9.17) is 9.97 Å². The molecule has 0 unspecified atom stereocenters. The first-order valence-corrected chi connectivity index (χ1v) is 23.5. The molecule has 0 amide bonds. The van der Waals surface area contributed by atoms with Gasteiger partial charge < -0.3 is 19.6 Å². The molecule has 1 aromatic heterocycles. The molecule has 6 heteroatoms. The molecule has 0 radical (unpaired) electrons. The van der Waals surface area contributed by atoms with Crippen molar-refractivity contribution in [1.82, 2.24) is 9.97 Å². The Labute approximate surface area is 409 Å². The molecule has 0 spiro atoms. The molecule has 70 heavy (non-hydrogen) atoms. The van der Waals surface area contributed by atoms with Crippen molar-refractivity contribution in [2.75, 3.05) is 19.6 Å². The van der Waals surface area contributed by atoms with Crippen molar-refractivity contribution < 1.29 is 0 Å².